The third-order valence-electron chi connectivity index (χ3n) is 3.30. The fourth-order valence-electron chi connectivity index (χ4n) is 2.28. The second-order valence-electron chi connectivity index (χ2n) is 4.92. The lowest BCUT2D eigenvalue weighted by Gasteiger charge is -2.14. The molecule has 1 N–H and O–H groups in total. The molecule has 0 bridgehead atoms. The van der Waals surface area contributed by atoms with Crippen LogP contribution in [0.1, 0.15) is 16.2 Å². The van der Waals surface area contributed by atoms with Crippen molar-refractivity contribution in [3.8, 4) is 5.75 Å². The van der Waals surface area contributed by atoms with Crippen molar-refractivity contribution in [2.24, 2.45) is 0 Å². The van der Waals surface area contributed by atoms with Gasteiger partial charge in [0.1, 0.15) is 11.4 Å². The van der Waals surface area contributed by atoms with Crippen LogP contribution in [-0.2, 0) is 6.54 Å². The van der Waals surface area contributed by atoms with Gasteiger partial charge in [-0.3, -0.25) is 4.79 Å². The van der Waals surface area contributed by atoms with Gasteiger partial charge < -0.3 is 14.6 Å². The number of rotatable bonds is 5. The smallest absolute Gasteiger partial charge is 0.387 e. The van der Waals surface area contributed by atoms with Crippen LogP contribution in [0.3, 0.4) is 0 Å². The van der Waals surface area contributed by atoms with Crippen LogP contribution in [0, 0.1) is 0 Å². The van der Waals surface area contributed by atoms with Crippen molar-refractivity contribution in [2.75, 3.05) is 7.05 Å². The minimum absolute atomic E-state index is 0.0370. The summed E-state index contributed by atoms with van der Waals surface area (Å²) >= 11 is 1.46. The maximum absolute atomic E-state index is 12.5. The topological polar surface area (TPSA) is 58.2 Å². The Kier molecular flexibility index (Phi) is 4.24. The first-order valence-electron chi connectivity index (χ1n) is 6.73. The third kappa shape index (κ3) is 3.31. The molecule has 0 saturated carbocycles. The number of H-pyrrole nitrogens is 1. The number of alkyl halides is 2. The maximum Gasteiger partial charge on any atom is 0.387 e. The number of nitrogens with one attached hydrogen (secondary N) is 1. The fraction of sp³-hybridized carbons (Fsp3) is 0.200. The summed E-state index contributed by atoms with van der Waals surface area (Å²) in [5, 5.41) is 2.31. The third-order valence-corrected chi connectivity index (χ3v) is 3.94. The van der Waals surface area contributed by atoms with Crippen molar-refractivity contribution in [3.05, 3.63) is 46.5 Å². The number of benzene rings is 1. The van der Waals surface area contributed by atoms with Crippen LogP contribution in [-0.4, -0.2) is 34.4 Å². The Balaban J connectivity index is 1.86. The number of fused-ring (bicyclic) bond motifs is 1. The van der Waals surface area contributed by atoms with Gasteiger partial charge in [-0.15, -0.1) is 11.3 Å². The molecule has 0 aliphatic rings. The number of hydrogen-bond donors (Lipinski definition) is 1. The number of aromatic amines is 1. The summed E-state index contributed by atoms with van der Waals surface area (Å²) in [5.74, 6) is -0.216. The monoisotopic (exact) mass is 337 g/mol. The molecule has 0 fully saturated rings. The van der Waals surface area contributed by atoms with Crippen molar-refractivity contribution in [1.82, 2.24) is 14.9 Å². The standard InChI is InChI=1S/C15H13F2N3O2S/c1-20(6-9-7-23-8-18-9)14(21)12-5-10-11(19-12)3-2-4-13(10)22-15(16)17/h2-5,7-8,15,19H,6H2,1H3. The molecule has 0 saturated heterocycles. The summed E-state index contributed by atoms with van der Waals surface area (Å²) in [4.78, 5) is 21.0. The second-order valence-corrected chi connectivity index (χ2v) is 5.64. The Morgan fingerprint density at radius 1 is 1.48 bits per heavy atom. The molecule has 8 heteroatoms. The summed E-state index contributed by atoms with van der Waals surface area (Å²) in [6.45, 7) is -2.54. The fourth-order valence-corrected chi connectivity index (χ4v) is 2.83. The van der Waals surface area contributed by atoms with Crippen LogP contribution in [0.2, 0.25) is 0 Å². The van der Waals surface area contributed by atoms with Crippen molar-refractivity contribution < 1.29 is 18.3 Å². The zero-order chi connectivity index (χ0) is 16.4. The van der Waals surface area contributed by atoms with Crippen molar-refractivity contribution in [2.45, 2.75) is 13.2 Å². The first kappa shape index (κ1) is 15.4. The van der Waals surface area contributed by atoms with E-state index in [9.17, 15) is 13.6 Å². The lowest BCUT2D eigenvalue weighted by Crippen LogP contribution is -2.26. The Morgan fingerprint density at radius 2 is 2.30 bits per heavy atom. The highest BCUT2D eigenvalue weighted by Gasteiger charge is 2.17. The number of carbonyl (C=O) groups excluding carboxylic acids is 1. The number of carbonyl (C=O) groups is 1. The molecule has 23 heavy (non-hydrogen) atoms. The highest BCUT2D eigenvalue weighted by atomic mass is 32.1. The molecule has 0 aliphatic carbocycles. The normalized spacial score (nSPS) is 11.1. The number of nitrogens with zero attached hydrogens (tertiary/aromatic N) is 2. The molecule has 3 rings (SSSR count). The largest absolute Gasteiger partial charge is 0.434 e. The SMILES string of the molecule is CN(Cc1cscn1)C(=O)c1cc2c(OC(F)F)cccc2[nH]1. The summed E-state index contributed by atoms with van der Waals surface area (Å²) < 4.78 is 29.4. The van der Waals surface area contributed by atoms with E-state index in [4.69, 9.17) is 0 Å². The molecule has 0 atom stereocenters. The maximum atomic E-state index is 12.5. The molecule has 5 nitrogen and oxygen atoms in total. The molecular formula is C15H13F2N3O2S. The van der Waals surface area contributed by atoms with E-state index in [0.29, 0.717) is 23.1 Å². The number of halogens is 2. The van der Waals surface area contributed by atoms with E-state index in [0.717, 1.165) is 5.69 Å². The summed E-state index contributed by atoms with van der Waals surface area (Å²) in [6, 6.07) is 6.25. The number of aromatic nitrogens is 2. The van der Waals surface area contributed by atoms with Crippen molar-refractivity contribution in [3.63, 3.8) is 0 Å². The van der Waals surface area contributed by atoms with E-state index in [-0.39, 0.29) is 11.7 Å². The number of ether oxygens (including phenoxy) is 1. The second kappa shape index (κ2) is 6.33. The average molecular weight is 337 g/mol. The summed E-state index contributed by atoms with van der Waals surface area (Å²) in [6.07, 6.45) is 0. The molecular weight excluding hydrogens is 324 g/mol. The molecule has 0 spiro atoms. The van der Waals surface area contributed by atoms with Gasteiger partial charge in [0.15, 0.2) is 0 Å². The van der Waals surface area contributed by atoms with Crippen LogP contribution in [0.25, 0.3) is 10.9 Å². The Hall–Kier alpha value is -2.48. The van der Waals surface area contributed by atoms with Crippen LogP contribution in [0.15, 0.2) is 35.2 Å². The van der Waals surface area contributed by atoms with E-state index in [1.807, 2.05) is 5.38 Å². The predicted octanol–water partition coefficient (Wildman–Crippen LogP) is 3.50. The molecule has 120 valence electrons. The van der Waals surface area contributed by atoms with E-state index >= 15 is 0 Å². The zero-order valence-corrected chi connectivity index (χ0v) is 12.9. The Morgan fingerprint density at radius 3 is 3.00 bits per heavy atom. The van der Waals surface area contributed by atoms with Crippen molar-refractivity contribution >= 4 is 28.1 Å². The van der Waals surface area contributed by atoms with E-state index < -0.39 is 6.61 Å². The van der Waals surface area contributed by atoms with E-state index in [1.54, 1.807) is 24.7 Å². The number of amides is 1. The average Bonchev–Trinajstić information content (AvgIpc) is 3.15. The van der Waals surface area contributed by atoms with Crippen molar-refractivity contribution in [1.29, 1.82) is 0 Å². The lowest BCUT2D eigenvalue weighted by atomic mass is 10.2. The molecule has 1 amide bonds. The van der Waals surface area contributed by atoms with Gasteiger partial charge in [0, 0.05) is 23.3 Å². The minimum Gasteiger partial charge on any atom is -0.434 e. The van der Waals surface area contributed by atoms with Gasteiger partial charge in [-0.05, 0) is 18.2 Å². The molecule has 0 radical (unpaired) electrons. The Labute approximate surface area is 134 Å². The van der Waals surface area contributed by atoms with E-state index in [2.05, 4.69) is 14.7 Å². The minimum atomic E-state index is -2.91. The first-order valence-corrected chi connectivity index (χ1v) is 7.68. The molecule has 0 unspecified atom stereocenters. The number of hydrogen-bond acceptors (Lipinski definition) is 4. The van der Waals surface area contributed by atoms with Gasteiger partial charge in [-0.2, -0.15) is 8.78 Å². The highest BCUT2D eigenvalue weighted by Crippen LogP contribution is 2.28. The molecule has 2 heterocycles. The van der Waals surface area contributed by atoms with Crippen LogP contribution < -0.4 is 4.74 Å². The first-order chi connectivity index (χ1) is 11.0. The van der Waals surface area contributed by atoms with Gasteiger partial charge in [-0.1, -0.05) is 6.07 Å². The van der Waals surface area contributed by atoms with Crippen LogP contribution in [0.4, 0.5) is 8.78 Å². The Bertz CT molecular complexity index is 817. The molecule has 3 aromatic rings. The van der Waals surface area contributed by atoms with Gasteiger partial charge >= 0.3 is 6.61 Å². The summed E-state index contributed by atoms with van der Waals surface area (Å²) in [7, 11) is 1.66. The van der Waals surface area contributed by atoms with Gasteiger partial charge in [-0.25, -0.2) is 4.98 Å². The molecule has 0 aliphatic heterocycles. The van der Waals surface area contributed by atoms with Gasteiger partial charge in [0.05, 0.1) is 17.7 Å². The van der Waals surface area contributed by atoms with Crippen LogP contribution >= 0.6 is 11.3 Å². The summed E-state index contributed by atoms with van der Waals surface area (Å²) in [5.41, 5.74) is 3.37. The van der Waals surface area contributed by atoms with Crippen LogP contribution in [0.5, 0.6) is 5.75 Å². The zero-order valence-electron chi connectivity index (χ0n) is 12.1. The quantitative estimate of drug-likeness (QED) is 0.775. The lowest BCUT2D eigenvalue weighted by molar-refractivity contribution is -0.0487. The van der Waals surface area contributed by atoms with Gasteiger partial charge in [0.2, 0.25) is 0 Å². The highest BCUT2D eigenvalue weighted by molar-refractivity contribution is 7.07. The molecule has 1 aromatic carbocycles. The van der Waals surface area contributed by atoms with E-state index in [1.165, 1.54) is 28.4 Å². The van der Waals surface area contributed by atoms with Gasteiger partial charge in [0.25, 0.3) is 5.91 Å². The predicted molar refractivity (Wildman–Crippen MR) is 82.8 cm³/mol. The molecule has 2 aromatic heterocycles. The number of thiazole rings is 1.